The average Bonchev–Trinajstić information content (AvgIpc) is 2.49. The van der Waals surface area contributed by atoms with Crippen LogP contribution in [0.4, 0.5) is 0 Å². The van der Waals surface area contributed by atoms with Gasteiger partial charge in [0, 0.05) is 24.2 Å². The molecule has 0 radical (unpaired) electrons. The minimum absolute atomic E-state index is 0.167. The number of carboxylic acid groups (broad SMARTS) is 1. The van der Waals surface area contributed by atoms with E-state index in [1.54, 1.807) is 6.20 Å². The Morgan fingerprint density at radius 3 is 3.10 bits per heavy atom. The molecule has 21 heavy (non-hydrogen) atoms. The van der Waals surface area contributed by atoms with Crippen LogP contribution in [0.3, 0.4) is 0 Å². The second-order valence-electron chi connectivity index (χ2n) is 5.75. The molecule has 0 spiro atoms. The molecule has 0 aliphatic carbocycles. The first-order chi connectivity index (χ1) is 10.2. The highest BCUT2D eigenvalue weighted by molar-refractivity contribution is 5.78. The van der Waals surface area contributed by atoms with E-state index in [1.807, 2.05) is 12.1 Å². The van der Waals surface area contributed by atoms with Gasteiger partial charge in [-0.2, -0.15) is 0 Å². The first-order valence-electron chi connectivity index (χ1n) is 7.52. The van der Waals surface area contributed by atoms with Gasteiger partial charge in [-0.25, -0.2) is 0 Å². The second-order valence-corrected chi connectivity index (χ2v) is 5.75. The van der Waals surface area contributed by atoms with Crippen molar-refractivity contribution in [3.8, 4) is 0 Å². The number of hydrogen-bond acceptors (Lipinski definition) is 3. The monoisotopic (exact) mass is 284 g/mol. The molecule has 3 rings (SSSR count). The molecule has 1 atom stereocenters. The van der Waals surface area contributed by atoms with Crippen molar-refractivity contribution in [2.75, 3.05) is 6.54 Å². The third-order valence-corrected chi connectivity index (χ3v) is 4.21. The number of nitrogens with zero attached hydrogens (tertiary/aromatic N) is 2. The van der Waals surface area contributed by atoms with Crippen LogP contribution in [-0.2, 0) is 11.3 Å². The standard InChI is InChI=1S/C17H20N2O2/c20-17(21)11-15-5-1-2-9-19(15)12-13-6-7-16-14(10-13)4-3-8-18-16/h3-4,6-8,10,15H,1-2,5,9,11-12H2,(H,20,21). The first-order valence-corrected chi connectivity index (χ1v) is 7.52. The zero-order valence-corrected chi connectivity index (χ0v) is 12.0. The van der Waals surface area contributed by atoms with E-state index in [0.717, 1.165) is 43.3 Å². The van der Waals surface area contributed by atoms with E-state index in [-0.39, 0.29) is 12.5 Å². The van der Waals surface area contributed by atoms with Gasteiger partial charge >= 0.3 is 5.97 Å². The summed E-state index contributed by atoms with van der Waals surface area (Å²) < 4.78 is 0. The largest absolute Gasteiger partial charge is 0.481 e. The minimum atomic E-state index is -0.699. The van der Waals surface area contributed by atoms with Crippen LogP contribution in [0.25, 0.3) is 10.9 Å². The zero-order chi connectivity index (χ0) is 14.7. The van der Waals surface area contributed by atoms with Crippen LogP contribution in [0.5, 0.6) is 0 Å². The molecule has 1 fully saturated rings. The topological polar surface area (TPSA) is 53.4 Å². The maximum Gasteiger partial charge on any atom is 0.304 e. The summed E-state index contributed by atoms with van der Waals surface area (Å²) in [5, 5.41) is 10.2. The van der Waals surface area contributed by atoms with E-state index in [2.05, 4.69) is 28.1 Å². The Hall–Kier alpha value is -1.94. The summed E-state index contributed by atoms with van der Waals surface area (Å²) in [5.41, 5.74) is 2.23. The van der Waals surface area contributed by atoms with Gasteiger partial charge in [-0.05, 0) is 43.1 Å². The Morgan fingerprint density at radius 2 is 2.24 bits per heavy atom. The number of benzene rings is 1. The summed E-state index contributed by atoms with van der Waals surface area (Å²) >= 11 is 0. The lowest BCUT2D eigenvalue weighted by Crippen LogP contribution is -2.40. The zero-order valence-electron chi connectivity index (χ0n) is 12.0. The summed E-state index contributed by atoms with van der Waals surface area (Å²) in [5.74, 6) is -0.699. The van der Waals surface area contributed by atoms with Crippen molar-refractivity contribution in [3.05, 3.63) is 42.1 Å². The van der Waals surface area contributed by atoms with Crippen LogP contribution in [0.1, 0.15) is 31.2 Å². The van der Waals surface area contributed by atoms with E-state index < -0.39 is 5.97 Å². The molecule has 1 unspecified atom stereocenters. The van der Waals surface area contributed by atoms with Crippen LogP contribution in [-0.4, -0.2) is 33.5 Å². The van der Waals surface area contributed by atoms with Gasteiger partial charge in [-0.1, -0.05) is 18.6 Å². The van der Waals surface area contributed by atoms with Gasteiger partial charge in [-0.3, -0.25) is 14.7 Å². The number of piperidine rings is 1. The normalized spacial score (nSPS) is 19.7. The highest BCUT2D eigenvalue weighted by atomic mass is 16.4. The fourth-order valence-corrected chi connectivity index (χ4v) is 3.16. The maximum atomic E-state index is 11.0. The summed E-state index contributed by atoms with van der Waals surface area (Å²) in [7, 11) is 0. The van der Waals surface area contributed by atoms with E-state index in [0.29, 0.717) is 0 Å². The molecular formula is C17H20N2O2. The van der Waals surface area contributed by atoms with Crippen LogP contribution in [0.15, 0.2) is 36.5 Å². The van der Waals surface area contributed by atoms with Gasteiger partial charge < -0.3 is 5.11 Å². The molecule has 1 aliphatic rings. The predicted molar refractivity (Wildman–Crippen MR) is 82.0 cm³/mol. The van der Waals surface area contributed by atoms with E-state index in [1.165, 1.54) is 5.56 Å². The predicted octanol–water partition coefficient (Wildman–Crippen LogP) is 3.06. The van der Waals surface area contributed by atoms with Crippen LogP contribution in [0.2, 0.25) is 0 Å². The van der Waals surface area contributed by atoms with Gasteiger partial charge in [0.1, 0.15) is 0 Å². The Bertz CT molecular complexity index is 641. The van der Waals surface area contributed by atoms with Crippen molar-refractivity contribution < 1.29 is 9.90 Å². The van der Waals surface area contributed by atoms with Crippen LogP contribution in [0, 0.1) is 0 Å². The van der Waals surface area contributed by atoms with E-state index >= 15 is 0 Å². The van der Waals surface area contributed by atoms with Crippen molar-refractivity contribution in [1.82, 2.24) is 9.88 Å². The number of rotatable bonds is 4. The molecule has 4 nitrogen and oxygen atoms in total. The lowest BCUT2D eigenvalue weighted by molar-refractivity contribution is -0.138. The molecule has 1 aliphatic heterocycles. The van der Waals surface area contributed by atoms with Gasteiger partial charge in [-0.15, -0.1) is 0 Å². The summed E-state index contributed by atoms with van der Waals surface area (Å²) in [6.07, 6.45) is 5.33. The smallest absolute Gasteiger partial charge is 0.304 e. The average molecular weight is 284 g/mol. The third-order valence-electron chi connectivity index (χ3n) is 4.21. The van der Waals surface area contributed by atoms with Gasteiger partial charge in [0.05, 0.1) is 11.9 Å². The summed E-state index contributed by atoms with van der Waals surface area (Å²) in [4.78, 5) is 17.7. The van der Waals surface area contributed by atoms with E-state index in [9.17, 15) is 4.79 Å². The van der Waals surface area contributed by atoms with Crippen molar-refractivity contribution in [2.24, 2.45) is 0 Å². The molecule has 0 saturated carbocycles. The number of aliphatic carboxylic acids is 1. The molecule has 1 aromatic carbocycles. The van der Waals surface area contributed by atoms with Gasteiger partial charge in [0.15, 0.2) is 0 Å². The number of likely N-dealkylation sites (tertiary alicyclic amines) is 1. The van der Waals surface area contributed by atoms with Crippen molar-refractivity contribution in [1.29, 1.82) is 0 Å². The number of hydrogen-bond donors (Lipinski definition) is 1. The van der Waals surface area contributed by atoms with Gasteiger partial charge in [0.2, 0.25) is 0 Å². The van der Waals surface area contributed by atoms with Crippen LogP contribution < -0.4 is 0 Å². The SMILES string of the molecule is O=C(O)CC1CCCCN1Cc1ccc2ncccc2c1. The van der Waals surface area contributed by atoms with Crippen molar-refractivity contribution in [3.63, 3.8) is 0 Å². The Balaban J connectivity index is 1.77. The number of pyridine rings is 1. The number of carboxylic acids is 1. The van der Waals surface area contributed by atoms with Crippen LogP contribution >= 0.6 is 0 Å². The maximum absolute atomic E-state index is 11.0. The molecule has 1 N–H and O–H groups in total. The van der Waals surface area contributed by atoms with Gasteiger partial charge in [0.25, 0.3) is 0 Å². The quantitative estimate of drug-likeness (QED) is 0.937. The lowest BCUT2D eigenvalue weighted by Gasteiger charge is -2.35. The highest BCUT2D eigenvalue weighted by Crippen LogP contribution is 2.23. The summed E-state index contributed by atoms with van der Waals surface area (Å²) in [6, 6.07) is 10.5. The number of fused-ring (bicyclic) bond motifs is 1. The molecule has 110 valence electrons. The molecular weight excluding hydrogens is 264 g/mol. The molecule has 1 aromatic heterocycles. The fourth-order valence-electron chi connectivity index (χ4n) is 3.16. The molecule has 0 bridgehead atoms. The molecule has 0 amide bonds. The van der Waals surface area contributed by atoms with E-state index in [4.69, 9.17) is 5.11 Å². The van der Waals surface area contributed by atoms with Crippen molar-refractivity contribution in [2.45, 2.75) is 38.3 Å². The fraction of sp³-hybridized carbons (Fsp3) is 0.412. The molecule has 1 saturated heterocycles. The third kappa shape index (κ3) is 3.39. The molecule has 2 aromatic rings. The Labute approximate surface area is 124 Å². The number of aromatic nitrogens is 1. The molecule has 4 heteroatoms. The lowest BCUT2D eigenvalue weighted by atomic mass is 9.98. The minimum Gasteiger partial charge on any atom is -0.481 e. The first kappa shape index (κ1) is 14.0. The van der Waals surface area contributed by atoms with Crippen molar-refractivity contribution >= 4 is 16.9 Å². The number of carbonyl (C=O) groups is 1. The molecule has 2 heterocycles. The Morgan fingerprint density at radius 1 is 1.33 bits per heavy atom. The Kier molecular flexibility index (Phi) is 4.15. The summed E-state index contributed by atoms with van der Waals surface area (Å²) in [6.45, 7) is 1.81. The second kappa shape index (κ2) is 6.22. The highest BCUT2D eigenvalue weighted by Gasteiger charge is 2.24.